The molecule has 4 aromatic rings. The lowest BCUT2D eigenvalue weighted by Gasteiger charge is -2.06. The van der Waals surface area contributed by atoms with Gasteiger partial charge in [-0.15, -0.1) is 0 Å². The van der Waals surface area contributed by atoms with Crippen LogP contribution in [0.3, 0.4) is 0 Å². The van der Waals surface area contributed by atoms with Crippen molar-refractivity contribution in [3.63, 3.8) is 0 Å². The van der Waals surface area contributed by atoms with Crippen LogP contribution in [0.5, 0.6) is 0 Å². The van der Waals surface area contributed by atoms with Gasteiger partial charge in [0.15, 0.2) is 5.76 Å². The van der Waals surface area contributed by atoms with E-state index in [2.05, 4.69) is 30.0 Å². The van der Waals surface area contributed by atoms with Gasteiger partial charge in [-0.1, -0.05) is 39.7 Å². The minimum Gasteiger partial charge on any atom is -0.451 e. The lowest BCUT2D eigenvalue weighted by molar-refractivity contribution is 0.0997. The summed E-state index contributed by atoms with van der Waals surface area (Å²) in [5.74, 6) is 0.400. The molecular weight excluding hydrogens is 426 g/mol. The highest BCUT2D eigenvalue weighted by Crippen LogP contribution is 2.31. The van der Waals surface area contributed by atoms with Crippen molar-refractivity contribution in [2.45, 2.75) is 0 Å². The Morgan fingerprint density at radius 2 is 1.88 bits per heavy atom. The number of benzene rings is 2. The molecule has 0 radical (unpaired) electrons. The summed E-state index contributed by atoms with van der Waals surface area (Å²) in [5, 5.41) is 3.16. The number of halogens is 2. The molecule has 0 aliphatic heterocycles. The van der Waals surface area contributed by atoms with Gasteiger partial charge in [-0.25, -0.2) is 0 Å². The van der Waals surface area contributed by atoms with Gasteiger partial charge in [-0.05, 0) is 36.4 Å². The first-order chi connectivity index (χ1) is 12.1. The summed E-state index contributed by atoms with van der Waals surface area (Å²) in [4.78, 5) is 12.5. The van der Waals surface area contributed by atoms with Crippen molar-refractivity contribution in [3.8, 4) is 11.3 Å². The van der Waals surface area contributed by atoms with Crippen molar-refractivity contribution in [2.24, 2.45) is 0 Å². The van der Waals surface area contributed by atoms with Gasteiger partial charge in [0.25, 0.3) is 5.91 Å². The van der Waals surface area contributed by atoms with Gasteiger partial charge < -0.3 is 9.73 Å². The number of fused-ring (bicyclic) bond motifs is 1. The molecule has 4 rings (SSSR count). The molecular formula is C17H9BrClN3O2S. The maximum Gasteiger partial charge on any atom is 0.291 e. The number of hydrogen-bond donors (Lipinski definition) is 1. The molecule has 0 spiro atoms. The van der Waals surface area contributed by atoms with Crippen LogP contribution in [-0.2, 0) is 0 Å². The van der Waals surface area contributed by atoms with Crippen molar-refractivity contribution in [3.05, 3.63) is 63.8 Å². The second kappa shape index (κ2) is 6.59. The molecule has 2 aromatic carbocycles. The number of nitrogens with one attached hydrogen (secondary N) is 1. The van der Waals surface area contributed by atoms with E-state index < -0.39 is 5.91 Å². The first-order valence-electron chi connectivity index (χ1n) is 7.20. The molecule has 0 bridgehead atoms. The normalized spacial score (nSPS) is 11.0. The van der Waals surface area contributed by atoms with Gasteiger partial charge >= 0.3 is 0 Å². The zero-order chi connectivity index (χ0) is 17.4. The van der Waals surface area contributed by atoms with Gasteiger partial charge in [-0.3, -0.25) is 4.79 Å². The molecule has 124 valence electrons. The van der Waals surface area contributed by atoms with Crippen LogP contribution in [0.2, 0.25) is 5.02 Å². The van der Waals surface area contributed by atoms with E-state index >= 15 is 0 Å². The number of carbonyl (C=O) groups is 1. The molecule has 0 aliphatic rings. The van der Waals surface area contributed by atoms with Crippen molar-refractivity contribution in [1.82, 2.24) is 8.75 Å². The highest BCUT2D eigenvalue weighted by molar-refractivity contribution is 9.10. The second-order valence-electron chi connectivity index (χ2n) is 5.18. The summed E-state index contributed by atoms with van der Waals surface area (Å²) < 4.78 is 15.0. The maximum atomic E-state index is 12.5. The predicted octanol–water partition coefficient (Wildman–Crippen LogP) is 5.62. The number of amides is 1. The Morgan fingerprint density at radius 1 is 1.08 bits per heavy atom. The quantitative estimate of drug-likeness (QED) is 0.454. The van der Waals surface area contributed by atoms with Crippen LogP contribution < -0.4 is 5.32 Å². The minimum atomic E-state index is -0.397. The predicted molar refractivity (Wildman–Crippen MR) is 102 cm³/mol. The number of anilines is 1. The van der Waals surface area contributed by atoms with Crippen LogP contribution >= 0.6 is 39.3 Å². The fraction of sp³-hybridized carbons (Fsp3) is 0. The van der Waals surface area contributed by atoms with E-state index in [0.29, 0.717) is 27.5 Å². The maximum absolute atomic E-state index is 12.5. The third kappa shape index (κ3) is 3.18. The molecule has 2 aromatic heterocycles. The highest BCUT2D eigenvalue weighted by Gasteiger charge is 2.17. The molecule has 2 heterocycles. The van der Waals surface area contributed by atoms with E-state index in [1.807, 2.05) is 24.3 Å². The van der Waals surface area contributed by atoms with E-state index in [-0.39, 0.29) is 5.76 Å². The molecule has 25 heavy (non-hydrogen) atoms. The third-order valence-electron chi connectivity index (χ3n) is 3.57. The summed E-state index contributed by atoms with van der Waals surface area (Å²) in [6.45, 7) is 0. The smallest absolute Gasteiger partial charge is 0.291 e. The summed E-state index contributed by atoms with van der Waals surface area (Å²) in [6.07, 6.45) is 0. The van der Waals surface area contributed by atoms with Crippen molar-refractivity contribution in [2.75, 3.05) is 5.32 Å². The summed E-state index contributed by atoms with van der Waals surface area (Å²) in [5.41, 5.74) is 2.55. The van der Waals surface area contributed by atoms with Crippen LogP contribution in [0.15, 0.2) is 57.4 Å². The monoisotopic (exact) mass is 433 g/mol. The van der Waals surface area contributed by atoms with Gasteiger partial charge in [0.1, 0.15) is 16.8 Å². The van der Waals surface area contributed by atoms with E-state index in [4.69, 9.17) is 16.0 Å². The molecule has 0 saturated heterocycles. The fourth-order valence-corrected chi connectivity index (χ4v) is 3.36. The minimum absolute atomic E-state index is 0.189. The zero-order valence-corrected chi connectivity index (χ0v) is 15.7. The molecule has 5 nitrogen and oxygen atoms in total. The van der Waals surface area contributed by atoms with Crippen LogP contribution in [0.4, 0.5) is 5.69 Å². The topological polar surface area (TPSA) is 68.0 Å². The van der Waals surface area contributed by atoms with E-state index in [9.17, 15) is 4.79 Å². The Kier molecular flexibility index (Phi) is 4.29. The molecule has 8 heteroatoms. The van der Waals surface area contributed by atoms with Crippen LogP contribution in [0, 0.1) is 0 Å². The Bertz CT molecular complexity index is 1080. The molecule has 0 aliphatic carbocycles. The summed E-state index contributed by atoms with van der Waals surface area (Å²) >= 11 is 10.6. The van der Waals surface area contributed by atoms with Crippen LogP contribution in [-0.4, -0.2) is 14.7 Å². The fourth-order valence-electron chi connectivity index (χ4n) is 2.35. The molecule has 1 N–H and O–H groups in total. The van der Waals surface area contributed by atoms with Crippen molar-refractivity contribution >= 4 is 61.9 Å². The number of furan rings is 1. The molecule has 0 fully saturated rings. The SMILES string of the molecule is O=C(Nc1c(Cl)ccc2nsnc12)c1ccc(-c2ccc(Br)cc2)o1. The third-order valence-corrected chi connectivity index (χ3v) is 4.96. The van der Waals surface area contributed by atoms with E-state index in [0.717, 1.165) is 21.8 Å². The number of aromatic nitrogens is 2. The van der Waals surface area contributed by atoms with Gasteiger partial charge in [-0.2, -0.15) is 8.75 Å². The second-order valence-corrected chi connectivity index (χ2v) is 7.03. The molecule has 1 amide bonds. The van der Waals surface area contributed by atoms with Crippen LogP contribution in [0.25, 0.3) is 22.4 Å². The van der Waals surface area contributed by atoms with Crippen molar-refractivity contribution < 1.29 is 9.21 Å². The summed E-state index contributed by atoms with van der Waals surface area (Å²) in [6, 6.07) is 14.4. The summed E-state index contributed by atoms with van der Waals surface area (Å²) in [7, 11) is 0. The highest BCUT2D eigenvalue weighted by atomic mass is 79.9. The largest absolute Gasteiger partial charge is 0.451 e. The number of rotatable bonds is 3. The Morgan fingerprint density at radius 3 is 2.68 bits per heavy atom. The Hall–Kier alpha value is -2.22. The molecule has 0 unspecified atom stereocenters. The van der Waals surface area contributed by atoms with Crippen LogP contribution in [0.1, 0.15) is 10.6 Å². The molecule has 0 saturated carbocycles. The average Bonchev–Trinajstić information content (AvgIpc) is 3.27. The van der Waals surface area contributed by atoms with Gasteiger partial charge in [0.05, 0.1) is 22.4 Å². The lowest BCUT2D eigenvalue weighted by atomic mass is 10.2. The Balaban J connectivity index is 1.62. The first-order valence-corrected chi connectivity index (χ1v) is 9.10. The van der Waals surface area contributed by atoms with Gasteiger partial charge in [0.2, 0.25) is 0 Å². The zero-order valence-electron chi connectivity index (χ0n) is 12.5. The average molecular weight is 435 g/mol. The first kappa shape index (κ1) is 16.3. The molecule has 0 atom stereocenters. The van der Waals surface area contributed by atoms with Crippen molar-refractivity contribution in [1.29, 1.82) is 0 Å². The van der Waals surface area contributed by atoms with E-state index in [1.54, 1.807) is 24.3 Å². The number of nitrogens with zero attached hydrogens (tertiary/aromatic N) is 2. The Labute approximate surface area is 160 Å². The van der Waals surface area contributed by atoms with E-state index in [1.165, 1.54) is 0 Å². The number of carbonyl (C=O) groups excluding carboxylic acids is 1. The number of hydrogen-bond acceptors (Lipinski definition) is 5. The van der Waals surface area contributed by atoms with Gasteiger partial charge in [0, 0.05) is 10.0 Å². The lowest BCUT2D eigenvalue weighted by Crippen LogP contribution is -2.11. The standard InChI is InChI=1S/C17H9BrClN3O2S/c18-10-3-1-9(2-4-10)13-7-8-14(24-13)17(23)20-15-11(19)5-6-12-16(15)22-25-21-12/h1-8H,(H,20,23).